The number of halogens is 1. The zero-order valence-corrected chi connectivity index (χ0v) is 13.1. The highest BCUT2D eigenvalue weighted by molar-refractivity contribution is 7.89. The van der Waals surface area contributed by atoms with Crippen LogP contribution in [0.3, 0.4) is 0 Å². The van der Waals surface area contributed by atoms with Gasteiger partial charge in [0.2, 0.25) is 10.0 Å². The summed E-state index contributed by atoms with van der Waals surface area (Å²) in [5.74, 6) is -0.739. The zero-order valence-electron chi connectivity index (χ0n) is 11.6. The Kier molecular flexibility index (Phi) is 5.21. The minimum Gasteiger partial charge on any atom is -0.465 e. The number of methoxy groups -OCH3 is 1. The molecule has 1 saturated heterocycles. The maximum Gasteiger partial charge on any atom is 0.339 e. The van der Waals surface area contributed by atoms with Crippen LogP contribution in [-0.4, -0.2) is 40.6 Å². The first-order valence-electron chi connectivity index (χ1n) is 6.55. The Hall–Kier alpha value is -1.15. The van der Waals surface area contributed by atoms with Crippen molar-refractivity contribution < 1.29 is 17.9 Å². The normalized spacial score (nSPS) is 18.7. The van der Waals surface area contributed by atoms with Gasteiger partial charge in [-0.3, -0.25) is 0 Å². The van der Waals surface area contributed by atoms with Crippen LogP contribution >= 0.6 is 11.6 Å². The molecule has 1 heterocycles. The highest BCUT2D eigenvalue weighted by Gasteiger charge is 2.25. The van der Waals surface area contributed by atoms with Crippen LogP contribution in [0, 0.1) is 0 Å². The fraction of sp³-hybridized carbons (Fsp3) is 0.462. The van der Waals surface area contributed by atoms with Crippen LogP contribution in [0.25, 0.3) is 0 Å². The smallest absolute Gasteiger partial charge is 0.339 e. The number of rotatable bonds is 5. The quantitative estimate of drug-likeness (QED) is 0.790. The van der Waals surface area contributed by atoms with E-state index in [0.717, 1.165) is 19.4 Å². The monoisotopic (exact) mass is 332 g/mol. The van der Waals surface area contributed by atoms with E-state index in [1.165, 1.54) is 25.3 Å². The molecule has 0 bridgehead atoms. The number of carbonyl (C=O) groups excluding carboxylic acids is 1. The van der Waals surface area contributed by atoms with Crippen molar-refractivity contribution in [1.82, 2.24) is 10.0 Å². The fourth-order valence-electron chi connectivity index (χ4n) is 2.23. The van der Waals surface area contributed by atoms with Crippen molar-refractivity contribution in [3.63, 3.8) is 0 Å². The molecule has 1 aliphatic rings. The summed E-state index contributed by atoms with van der Waals surface area (Å²) in [6.07, 6.45) is 1.95. The van der Waals surface area contributed by atoms with Gasteiger partial charge in [-0.05, 0) is 37.6 Å². The van der Waals surface area contributed by atoms with Crippen molar-refractivity contribution in [2.24, 2.45) is 0 Å². The van der Waals surface area contributed by atoms with Crippen LogP contribution in [-0.2, 0) is 14.8 Å². The van der Waals surface area contributed by atoms with Crippen molar-refractivity contribution >= 4 is 27.6 Å². The molecule has 0 aromatic heterocycles. The minimum atomic E-state index is -3.80. The predicted octanol–water partition coefficient (Wildman–Crippen LogP) is 1.16. The highest BCUT2D eigenvalue weighted by atomic mass is 35.5. The summed E-state index contributed by atoms with van der Waals surface area (Å²) >= 11 is 5.82. The first-order valence-corrected chi connectivity index (χ1v) is 8.41. The molecule has 0 spiro atoms. The molecule has 0 radical (unpaired) electrons. The lowest BCUT2D eigenvalue weighted by atomic mass is 10.2. The molecule has 0 amide bonds. The van der Waals surface area contributed by atoms with Crippen molar-refractivity contribution in [2.45, 2.75) is 23.8 Å². The lowest BCUT2D eigenvalue weighted by molar-refractivity contribution is 0.0596. The molecule has 1 aromatic rings. The molecule has 21 heavy (non-hydrogen) atoms. The Morgan fingerprint density at radius 3 is 2.90 bits per heavy atom. The van der Waals surface area contributed by atoms with E-state index in [-0.39, 0.29) is 28.1 Å². The summed E-state index contributed by atoms with van der Waals surface area (Å²) in [6.45, 7) is 1.17. The molecule has 2 rings (SSSR count). The second kappa shape index (κ2) is 6.74. The molecular formula is C13H17ClN2O4S. The average molecular weight is 333 g/mol. The maximum absolute atomic E-state index is 12.4. The summed E-state index contributed by atoms with van der Waals surface area (Å²) in [6, 6.07) is 4.14. The van der Waals surface area contributed by atoms with Crippen LogP contribution in [0.15, 0.2) is 23.1 Å². The lowest BCUT2D eigenvalue weighted by Crippen LogP contribution is -2.37. The van der Waals surface area contributed by atoms with E-state index in [0.29, 0.717) is 0 Å². The van der Waals surface area contributed by atoms with Gasteiger partial charge in [-0.1, -0.05) is 11.6 Å². The van der Waals surface area contributed by atoms with Gasteiger partial charge in [0.15, 0.2) is 0 Å². The summed E-state index contributed by atoms with van der Waals surface area (Å²) in [7, 11) is -2.61. The first-order chi connectivity index (χ1) is 9.94. The lowest BCUT2D eigenvalue weighted by Gasteiger charge is -2.14. The van der Waals surface area contributed by atoms with Gasteiger partial charge in [0.25, 0.3) is 0 Å². The number of ether oxygens (including phenoxy) is 1. The van der Waals surface area contributed by atoms with Gasteiger partial charge in [-0.25, -0.2) is 17.9 Å². The van der Waals surface area contributed by atoms with Crippen molar-refractivity contribution in [1.29, 1.82) is 0 Å². The summed E-state index contributed by atoms with van der Waals surface area (Å²) in [4.78, 5) is 11.6. The van der Waals surface area contributed by atoms with Gasteiger partial charge in [0, 0.05) is 17.6 Å². The van der Waals surface area contributed by atoms with Crippen molar-refractivity contribution in [2.75, 3.05) is 20.2 Å². The third-order valence-electron chi connectivity index (χ3n) is 3.32. The number of benzene rings is 1. The molecule has 116 valence electrons. The molecular weight excluding hydrogens is 316 g/mol. The Labute approximate surface area is 128 Å². The van der Waals surface area contributed by atoms with E-state index in [1.54, 1.807) is 0 Å². The largest absolute Gasteiger partial charge is 0.465 e. The molecule has 2 N–H and O–H groups in total. The van der Waals surface area contributed by atoms with Crippen LogP contribution < -0.4 is 10.0 Å². The topological polar surface area (TPSA) is 84.5 Å². The number of esters is 1. The van der Waals surface area contributed by atoms with Crippen LogP contribution in [0.1, 0.15) is 23.2 Å². The number of hydrogen-bond acceptors (Lipinski definition) is 5. The molecule has 0 aliphatic carbocycles. The van der Waals surface area contributed by atoms with Gasteiger partial charge < -0.3 is 10.1 Å². The Morgan fingerprint density at radius 1 is 1.52 bits per heavy atom. The second-order valence-corrected chi connectivity index (χ2v) is 6.95. The third-order valence-corrected chi connectivity index (χ3v) is 5.04. The number of nitrogens with one attached hydrogen (secondary N) is 2. The summed E-state index contributed by atoms with van der Waals surface area (Å²) in [5.41, 5.74) is -0.0723. The molecule has 0 saturated carbocycles. The van der Waals surface area contributed by atoms with E-state index in [2.05, 4.69) is 14.8 Å². The standard InChI is InChI=1S/C13H17ClN2O4S/c1-20-13(17)11-7-9(14)4-5-12(11)21(18,19)16-8-10-3-2-6-15-10/h4-5,7,10,15-16H,2-3,6,8H2,1H3. The van der Waals surface area contributed by atoms with E-state index in [9.17, 15) is 13.2 Å². The molecule has 1 aromatic carbocycles. The Morgan fingerprint density at radius 2 is 2.29 bits per heavy atom. The Balaban J connectivity index is 2.24. The summed E-state index contributed by atoms with van der Waals surface area (Å²) in [5, 5.41) is 3.47. The van der Waals surface area contributed by atoms with Crippen LogP contribution in [0.5, 0.6) is 0 Å². The molecule has 8 heteroatoms. The SMILES string of the molecule is COC(=O)c1cc(Cl)ccc1S(=O)(=O)NCC1CCCN1. The minimum absolute atomic E-state index is 0.0723. The highest BCUT2D eigenvalue weighted by Crippen LogP contribution is 2.21. The second-order valence-electron chi connectivity index (χ2n) is 4.78. The fourth-order valence-corrected chi connectivity index (χ4v) is 3.65. The van der Waals surface area contributed by atoms with Gasteiger partial charge in [-0.2, -0.15) is 0 Å². The van der Waals surface area contributed by atoms with Gasteiger partial charge in [0.05, 0.1) is 17.6 Å². The predicted molar refractivity (Wildman–Crippen MR) is 79.0 cm³/mol. The Bertz CT molecular complexity index is 627. The van der Waals surface area contributed by atoms with E-state index in [1.807, 2.05) is 0 Å². The average Bonchev–Trinajstić information content (AvgIpc) is 2.97. The van der Waals surface area contributed by atoms with Gasteiger partial charge >= 0.3 is 5.97 Å². The van der Waals surface area contributed by atoms with Gasteiger partial charge in [-0.15, -0.1) is 0 Å². The summed E-state index contributed by atoms with van der Waals surface area (Å²) < 4.78 is 31.8. The number of sulfonamides is 1. The van der Waals surface area contributed by atoms with Crippen molar-refractivity contribution in [3.8, 4) is 0 Å². The number of hydrogen-bond donors (Lipinski definition) is 2. The van der Waals surface area contributed by atoms with Crippen molar-refractivity contribution in [3.05, 3.63) is 28.8 Å². The number of carbonyl (C=O) groups is 1. The van der Waals surface area contributed by atoms with Crippen LogP contribution in [0.2, 0.25) is 5.02 Å². The molecule has 1 atom stereocenters. The molecule has 1 fully saturated rings. The third kappa shape index (κ3) is 3.94. The maximum atomic E-state index is 12.4. The molecule has 6 nitrogen and oxygen atoms in total. The molecule has 1 aliphatic heterocycles. The van der Waals surface area contributed by atoms with E-state index < -0.39 is 16.0 Å². The van der Waals surface area contributed by atoms with E-state index in [4.69, 9.17) is 11.6 Å². The van der Waals surface area contributed by atoms with E-state index >= 15 is 0 Å². The zero-order chi connectivity index (χ0) is 15.5. The first kappa shape index (κ1) is 16.2. The van der Waals surface area contributed by atoms with Gasteiger partial charge in [0.1, 0.15) is 0 Å². The molecule has 1 unspecified atom stereocenters. The van der Waals surface area contributed by atoms with Crippen LogP contribution in [0.4, 0.5) is 0 Å².